The monoisotopic (exact) mass is 244 g/mol. The van der Waals surface area contributed by atoms with Crippen LogP contribution in [0.3, 0.4) is 0 Å². The fraction of sp³-hybridized carbons (Fsp3) is 0.917. The van der Waals surface area contributed by atoms with Crippen molar-refractivity contribution >= 4 is 5.91 Å². The highest BCUT2D eigenvalue weighted by molar-refractivity contribution is 5.77. The summed E-state index contributed by atoms with van der Waals surface area (Å²) >= 11 is 0. The van der Waals surface area contributed by atoms with Gasteiger partial charge in [0.25, 0.3) is 0 Å². The molecule has 1 saturated heterocycles. The van der Waals surface area contributed by atoms with E-state index in [1.807, 2.05) is 6.92 Å². The highest BCUT2D eigenvalue weighted by Crippen LogP contribution is 2.14. The molecular weight excluding hydrogens is 220 g/mol. The van der Waals surface area contributed by atoms with Gasteiger partial charge in [0.1, 0.15) is 6.61 Å². The number of ether oxygens (including phenoxy) is 2. The Kier molecular flexibility index (Phi) is 6.47. The highest BCUT2D eigenvalue weighted by Gasteiger charge is 2.22. The average molecular weight is 244 g/mol. The zero-order valence-corrected chi connectivity index (χ0v) is 11.0. The lowest BCUT2D eigenvalue weighted by Crippen LogP contribution is -2.44. The topological polar surface area (TPSA) is 59.6 Å². The Balaban J connectivity index is 2.18. The summed E-state index contributed by atoms with van der Waals surface area (Å²) in [6, 6.07) is 0.0259. The summed E-state index contributed by atoms with van der Waals surface area (Å²) in [5, 5.41) is 6.10. The van der Waals surface area contributed by atoms with Gasteiger partial charge in [0.2, 0.25) is 5.91 Å². The maximum atomic E-state index is 11.6. The van der Waals surface area contributed by atoms with Crippen molar-refractivity contribution < 1.29 is 14.3 Å². The van der Waals surface area contributed by atoms with Crippen LogP contribution in [-0.4, -0.2) is 51.5 Å². The molecule has 1 heterocycles. The maximum absolute atomic E-state index is 11.6. The molecule has 100 valence electrons. The van der Waals surface area contributed by atoms with E-state index in [2.05, 4.69) is 17.6 Å². The predicted molar refractivity (Wildman–Crippen MR) is 65.9 cm³/mol. The van der Waals surface area contributed by atoms with Crippen LogP contribution in [-0.2, 0) is 14.3 Å². The summed E-state index contributed by atoms with van der Waals surface area (Å²) < 4.78 is 10.6. The molecule has 0 aromatic carbocycles. The maximum Gasteiger partial charge on any atom is 0.246 e. The Morgan fingerprint density at radius 3 is 3.00 bits per heavy atom. The average Bonchev–Trinajstić information content (AvgIpc) is 2.28. The second-order valence-electron chi connectivity index (χ2n) is 4.74. The van der Waals surface area contributed by atoms with E-state index in [9.17, 15) is 4.79 Å². The van der Waals surface area contributed by atoms with Crippen LogP contribution >= 0.6 is 0 Å². The fourth-order valence-corrected chi connectivity index (χ4v) is 1.98. The first-order valence-corrected chi connectivity index (χ1v) is 6.24. The molecule has 1 amide bonds. The Labute approximate surface area is 103 Å². The lowest BCUT2D eigenvalue weighted by Gasteiger charge is -2.29. The second kappa shape index (κ2) is 7.63. The summed E-state index contributed by atoms with van der Waals surface area (Å²) in [6.07, 6.45) is 1.25. The van der Waals surface area contributed by atoms with E-state index in [4.69, 9.17) is 9.47 Å². The minimum Gasteiger partial charge on any atom is -0.383 e. The van der Waals surface area contributed by atoms with Crippen molar-refractivity contribution in [1.29, 1.82) is 0 Å². The first-order valence-electron chi connectivity index (χ1n) is 6.24. The standard InChI is InChI=1S/C12H24N2O3/c1-9-4-5-13-6-11(9)17-8-12(15)14-10(2)7-16-3/h9-11,13H,4-8H2,1-3H3,(H,14,15). The second-order valence-corrected chi connectivity index (χ2v) is 4.74. The molecule has 17 heavy (non-hydrogen) atoms. The van der Waals surface area contributed by atoms with Gasteiger partial charge >= 0.3 is 0 Å². The van der Waals surface area contributed by atoms with Crippen LogP contribution in [0.4, 0.5) is 0 Å². The van der Waals surface area contributed by atoms with Gasteiger partial charge < -0.3 is 20.1 Å². The van der Waals surface area contributed by atoms with Gasteiger partial charge in [-0.3, -0.25) is 4.79 Å². The van der Waals surface area contributed by atoms with Gasteiger partial charge in [-0.05, 0) is 25.8 Å². The van der Waals surface area contributed by atoms with Crippen LogP contribution in [0.2, 0.25) is 0 Å². The van der Waals surface area contributed by atoms with E-state index in [0.29, 0.717) is 12.5 Å². The van der Waals surface area contributed by atoms with Crippen LogP contribution in [0, 0.1) is 5.92 Å². The van der Waals surface area contributed by atoms with E-state index < -0.39 is 0 Å². The molecule has 0 aliphatic carbocycles. The molecule has 5 heteroatoms. The van der Waals surface area contributed by atoms with Gasteiger partial charge in [0.15, 0.2) is 0 Å². The van der Waals surface area contributed by atoms with E-state index in [1.165, 1.54) is 0 Å². The SMILES string of the molecule is COCC(C)NC(=O)COC1CNCCC1C. The van der Waals surface area contributed by atoms with E-state index >= 15 is 0 Å². The number of carbonyl (C=O) groups excluding carboxylic acids is 1. The number of carbonyl (C=O) groups is 1. The van der Waals surface area contributed by atoms with Crippen LogP contribution in [0.5, 0.6) is 0 Å². The summed E-state index contributed by atoms with van der Waals surface area (Å²) in [5.41, 5.74) is 0. The quantitative estimate of drug-likeness (QED) is 0.698. The molecule has 0 radical (unpaired) electrons. The van der Waals surface area contributed by atoms with Crippen LogP contribution < -0.4 is 10.6 Å². The number of rotatable bonds is 6. The summed E-state index contributed by atoms with van der Waals surface area (Å²) in [4.78, 5) is 11.6. The van der Waals surface area contributed by atoms with Gasteiger partial charge in [0, 0.05) is 19.7 Å². The van der Waals surface area contributed by atoms with Crippen LogP contribution in [0.1, 0.15) is 20.3 Å². The fourth-order valence-electron chi connectivity index (χ4n) is 1.98. The lowest BCUT2D eigenvalue weighted by atomic mass is 9.97. The lowest BCUT2D eigenvalue weighted by molar-refractivity contribution is -0.130. The largest absolute Gasteiger partial charge is 0.383 e. The van der Waals surface area contributed by atoms with Crippen molar-refractivity contribution in [3.05, 3.63) is 0 Å². The molecule has 0 aromatic heterocycles. The number of piperidine rings is 1. The Morgan fingerprint density at radius 1 is 1.59 bits per heavy atom. The molecule has 0 bridgehead atoms. The van der Waals surface area contributed by atoms with Gasteiger partial charge in [-0.15, -0.1) is 0 Å². The smallest absolute Gasteiger partial charge is 0.246 e. The zero-order chi connectivity index (χ0) is 12.7. The first-order chi connectivity index (χ1) is 8.13. The minimum absolute atomic E-state index is 0.0259. The van der Waals surface area contributed by atoms with Gasteiger partial charge in [-0.2, -0.15) is 0 Å². The van der Waals surface area contributed by atoms with Crippen molar-refractivity contribution in [1.82, 2.24) is 10.6 Å². The zero-order valence-electron chi connectivity index (χ0n) is 11.0. The molecule has 0 spiro atoms. The molecule has 0 saturated carbocycles. The van der Waals surface area contributed by atoms with Gasteiger partial charge in [-0.25, -0.2) is 0 Å². The van der Waals surface area contributed by atoms with E-state index in [1.54, 1.807) is 7.11 Å². The van der Waals surface area contributed by atoms with Crippen molar-refractivity contribution in [2.75, 3.05) is 33.4 Å². The molecule has 1 aliphatic rings. The normalized spacial score (nSPS) is 26.5. The van der Waals surface area contributed by atoms with E-state index in [0.717, 1.165) is 19.5 Å². The van der Waals surface area contributed by atoms with Crippen LogP contribution in [0.25, 0.3) is 0 Å². The Morgan fingerprint density at radius 2 is 2.35 bits per heavy atom. The molecule has 1 rings (SSSR count). The third kappa shape index (κ3) is 5.48. The molecule has 5 nitrogen and oxygen atoms in total. The van der Waals surface area contributed by atoms with Crippen molar-refractivity contribution in [3.63, 3.8) is 0 Å². The minimum atomic E-state index is -0.0766. The number of hydrogen-bond donors (Lipinski definition) is 2. The number of nitrogens with one attached hydrogen (secondary N) is 2. The summed E-state index contributed by atoms with van der Waals surface area (Å²) in [7, 11) is 1.62. The molecule has 3 unspecified atom stereocenters. The van der Waals surface area contributed by atoms with Gasteiger partial charge in [0.05, 0.1) is 12.7 Å². The predicted octanol–water partition coefficient (Wildman–Crippen LogP) is 0.152. The van der Waals surface area contributed by atoms with Crippen molar-refractivity contribution in [3.8, 4) is 0 Å². The summed E-state index contributed by atoms with van der Waals surface area (Å²) in [6.45, 7) is 6.60. The molecule has 1 aliphatic heterocycles. The number of hydrogen-bond acceptors (Lipinski definition) is 4. The molecule has 2 N–H and O–H groups in total. The molecule has 1 fully saturated rings. The highest BCUT2D eigenvalue weighted by atomic mass is 16.5. The number of amides is 1. The first kappa shape index (κ1) is 14.4. The van der Waals surface area contributed by atoms with Crippen molar-refractivity contribution in [2.24, 2.45) is 5.92 Å². The summed E-state index contributed by atoms with van der Waals surface area (Å²) in [5.74, 6) is 0.438. The van der Waals surface area contributed by atoms with Gasteiger partial charge in [-0.1, -0.05) is 6.92 Å². The molecule has 3 atom stereocenters. The Hall–Kier alpha value is -0.650. The van der Waals surface area contributed by atoms with Crippen LogP contribution in [0.15, 0.2) is 0 Å². The third-order valence-electron chi connectivity index (χ3n) is 3.01. The van der Waals surface area contributed by atoms with E-state index in [-0.39, 0.29) is 24.7 Å². The third-order valence-corrected chi connectivity index (χ3v) is 3.01. The molecular formula is C12H24N2O3. The Bertz CT molecular complexity index is 236. The number of methoxy groups -OCH3 is 1. The van der Waals surface area contributed by atoms with Crippen molar-refractivity contribution in [2.45, 2.75) is 32.4 Å². The molecule has 0 aromatic rings.